The summed E-state index contributed by atoms with van der Waals surface area (Å²) in [6.45, 7) is 5.23. The minimum absolute atomic E-state index is 0.0200. The molecule has 7 heteroatoms. The minimum atomic E-state index is -0.529. The highest BCUT2D eigenvalue weighted by atomic mass is 16.5. The summed E-state index contributed by atoms with van der Waals surface area (Å²) in [5.41, 5.74) is 1.50. The normalized spacial score (nSPS) is 39.5. The second-order valence-electron chi connectivity index (χ2n) is 12.3. The molecule has 1 saturated heterocycles. The maximum absolute atomic E-state index is 12.8. The van der Waals surface area contributed by atoms with Crippen molar-refractivity contribution in [3.63, 3.8) is 0 Å². The van der Waals surface area contributed by atoms with E-state index in [2.05, 4.69) is 13.8 Å². The molecule has 3 saturated carbocycles. The van der Waals surface area contributed by atoms with Gasteiger partial charge in [-0.3, -0.25) is 14.4 Å². The van der Waals surface area contributed by atoms with Crippen molar-refractivity contribution in [2.24, 2.45) is 28.6 Å². The monoisotopic (exact) mass is 499 g/mol. The summed E-state index contributed by atoms with van der Waals surface area (Å²) in [5.74, 6) is 1.19. The largest absolute Gasteiger partial charge is 0.467 e. The van der Waals surface area contributed by atoms with Crippen molar-refractivity contribution in [1.82, 2.24) is 4.90 Å². The zero-order valence-electron chi connectivity index (χ0n) is 22.1. The van der Waals surface area contributed by atoms with Crippen LogP contribution in [0.15, 0.2) is 11.6 Å². The number of ketones is 1. The predicted octanol–water partition coefficient (Wildman–Crippen LogP) is 4.37. The first kappa shape index (κ1) is 25.5. The maximum atomic E-state index is 12.8. The van der Waals surface area contributed by atoms with Gasteiger partial charge in [-0.05, 0) is 87.0 Å². The van der Waals surface area contributed by atoms with E-state index < -0.39 is 6.04 Å². The van der Waals surface area contributed by atoms with Crippen molar-refractivity contribution in [1.29, 1.82) is 0 Å². The Bertz CT molecular complexity index is 973. The molecule has 0 bridgehead atoms. The van der Waals surface area contributed by atoms with Crippen LogP contribution >= 0.6 is 0 Å². The standard InChI is InChI=1S/C29H41NO6/c1-28-14-12-19(31)17-18(28)6-7-20-21-8-9-24(29(21,2)15-13-22(20)28)36-26(33)11-10-25(32)30-16-4-5-23(30)27(34)35-3/h17,20-24H,4-16H2,1-3H3/t20-,21-,22-,23-,24-,28-,29-/m0/s1. The Kier molecular flexibility index (Phi) is 6.80. The number of carbonyl (C=O) groups excluding carboxylic acids is 4. The third-order valence-electron chi connectivity index (χ3n) is 10.7. The number of amides is 1. The van der Waals surface area contributed by atoms with Gasteiger partial charge in [0.25, 0.3) is 0 Å². The van der Waals surface area contributed by atoms with E-state index >= 15 is 0 Å². The lowest BCUT2D eigenvalue weighted by Gasteiger charge is -2.57. The predicted molar refractivity (Wildman–Crippen MR) is 133 cm³/mol. The second kappa shape index (κ2) is 9.60. The average Bonchev–Trinajstić information content (AvgIpc) is 3.47. The van der Waals surface area contributed by atoms with Gasteiger partial charge >= 0.3 is 11.9 Å². The Balaban J connectivity index is 1.19. The number of likely N-dealkylation sites (tertiary alicyclic amines) is 1. The summed E-state index contributed by atoms with van der Waals surface area (Å²) in [5, 5.41) is 0. The summed E-state index contributed by atoms with van der Waals surface area (Å²) in [6.07, 6.45) is 11.3. The summed E-state index contributed by atoms with van der Waals surface area (Å²) < 4.78 is 10.9. The molecule has 5 aliphatic rings. The molecule has 5 rings (SSSR count). The van der Waals surface area contributed by atoms with Gasteiger partial charge in [0.1, 0.15) is 12.1 Å². The van der Waals surface area contributed by atoms with Crippen LogP contribution in [0, 0.1) is 28.6 Å². The van der Waals surface area contributed by atoms with E-state index in [-0.39, 0.29) is 47.6 Å². The molecular weight excluding hydrogens is 458 g/mol. The molecule has 36 heavy (non-hydrogen) atoms. The highest BCUT2D eigenvalue weighted by Crippen LogP contribution is 2.65. The second-order valence-corrected chi connectivity index (χ2v) is 12.3. The van der Waals surface area contributed by atoms with Crippen molar-refractivity contribution in [2.45, 2.75) is 103 Å². The number of fused-ring (bicyclic) bond motifs is 5. The number of allylic oxidation sites excluding steroid dienone is 1. The molecule has 0 unspecified atom stereocenters. The van der Waals surface area contributed by atoms with Crippen LogP contribution in [0.25, 0.3) is 0 Å². The third-order valence-corrected chi connectivity index (χ3v) is 10.7. The van der Waals surface area contributed by atoms with Gasteiger partial charge in [-0.25, -0.2) is 4.79 Å². The van der Waals surface area contributed by atoms with Gasteiger partial charge in [-0.1, -0.05) is 19.4 Å². The van der Waals surface area contributed by atoms with E-state index in [0.717, 1.165) is 51.4 Å². The molecule has 0 aromatic rings. The molecule has 0 aromatic heterocycles. The fraction of sp³-hybridized carbons (Fsp3) is 0.793. The fourth-order valence-corrected chi connectivity index (χ4v) is 8.72. The molecule has 4 aliphatic carbocycles. The van der Waals surface area contributed by atoms with Crippen molar-refractivity contribution >= 4 is 23.6 Å². The van der Waals surface area contributed by atoms with Crippen molar-refractivity contribution in [3.05, 3.63) is 11.6 Å². The number of esters is 2. The topological polar surface area (TPSA) is 90.0 Å². The zero-order valence-corrected chi connectivity index (χ0v) is 22.1. The molecule has 7 atom stereocenters. The molecule has 7 nitrogen and oxygen atoms in total. The Hall–Kier alpha value is -2.18. The number of ether oxygens (including phenoxy) is 2. The number of carbonyl (C=O) groups is 4. The first-order valence-electron chi connectivity index (χ1n) is 14.0. The number of hydrogen-bond donors (Lipinski definition) is 0. The molecule has 1 amide bonds. The Morgan fingerprint density at radius 1 is 1.00 bits per heavy atom. The van der Waals surface area contributed by atoms with Crippen LogP contribution in [0.4, 0.5) is 0 Å². The van der Waals surface area contributed by atoms with Gasteiger partial charge < -0.3 is 14.4 Å². The number of methoxy groups -OCH3 is 1. The number of rotatable bonds is 5. The van der Waals surface area contributed by atoms with Crippen LogP contribution in [0.2, 0.25) is 0 Å². The van der Waals surface area contributed by atoms with E-state index in [0.29, 0.717) is 42.9 Å². The summed E-state index contributed by atoms with van der Waals surface area (Å²) >= 11 is 0. The van der Waals surface area contributed by atoms with Gasteiger partial charge in [0.05, 0.1) is 13.5 Å². The van der Waals surface area contributed by atoms with Gasteiger partial charge in [-0.2, -0.15) is 0 Å². The average molecular weight is 500 g/mol. The molecule has 4 fully saturated rings. The lowest BCUT2D eigenvalue weighted by atomic mass is 9.47. The molecule has 0 radical (unpaired) electrons. The zero-order chi connectivity index (χ0) is 25.7. The Labute approximate surface area is 214 Å². The van der Waals surface area contributed by atoms with Gasteiger partial charge in [0.15, 0.2) is 5.78 Å². The van der Waals surface area contributed by atoms with Crippen molar-refractivity contribution < 1.29 is 28.7 Å². The van der Waals surface area contributed by atoms with Crippen LogP contribution in [-0.2, 0) is 28.7 Å². The highest BCUT2D eigenvalue weighted by Gasteiger charge is 2.60. The molecule has 198 valence electrons. The van der Waals surface area contributed by atoms with Crippen molar-refractivity contribution in [2.75, 3.05) is 13.7 Å². The quantitative estimate of drug-likeness (QED) is 0.522. The van der Waals surface area contributed by atoms with Crippen molar-refractivity contribution in [3.8, 4) is 0 Å². The van der Waals surface area contributed by atoms with Crippen LogP contribution in [0.1, 0.15) is 90.9 Å². The molecule has 0 aromatic carbocycles. The van der Waals surface area contributed by atoms with Crippen LogP contribution in [0.3, 0.4) is 0 Å². The van der Waals surface area contributed by atoms with E-state index in [1.54, 1.807) is 4.90 Å². The smallest absolute Gasteiger partial charge is 0.328 e. The van der Waals surface area contributed by atoms with E-state index in [4.69, 9.17) is 9.47 Å². The lowest BCUT2D eigenvalue weighted by Crippen LogP contribution is -2.51. The van der Waals surface area contributed by atoms with Gasteiger partial charge in [0, 0.05) is 24.8 Å². The lowest BCUT2D eigenvalue weighted by molar-refractivity contribution is -0.161. The van der Waals surface area contributed by atoms with Crippen LogP contribution in [-0.4, -0.2) is 54.3 Å². The molecule has 1 aliphatic heterocycles. The van der Waals surface area contributed by atoms with Gasteiger partial charge in [0.2, 0.25) is 5.91 Å². The van der Waals surface area contributed by atoms with E-state index in [9.17, 15) is 19.2 Å². The van der Waals surface area contributed by atoms with E-state index in [1.165, 1.54) is 12.7 Å². The maximum Gasteiger partial charge on any atom is 0.328 e. The molecule has 0 spiro atoms. The number of hydrogen-bond acceptors (Lipinski definition) is 6. The molecular formula is C29H41NO6. The summed E-state index contributed by atoms with van der Waals surface area (Å²) in [6, 6.07) is -0.529. The minimum Gasteiger partial charge on any atom is -0.467 e. The summed E-state index contributed by atoms with van der Waals surface area (Å²) in [7, 11) is 1.34. The fourth-order valence-electron chi connectivity index (χ4n) is 8.72. The SMILES string of the molecule is COC(=O)[C@@H]1CCCN1C(=O)CCC(=O)O[C@H]1CC[C@H]2[C@@H]3CCC4=CC(=O)CC[C@]4(C)[C@H]3CC[C@]12C. The first-order valence-corrected chi connectivity index (χ1v) is 14.0. The Morgan fingerprint density at radius 3 is 2.58 bits per heavy atom. The molecule has 1 heterocycles. The van der Waals surface area contributed by atoms with Gasteiger partial charge in [-0.15, -0.1) is 0 Å². The molecule has 0 N–H and O–H groups in total. The first-order chi connectivity index (χ1) is 17.2. The highest BCUT2D eigenvalue weighted by molar-refractivity contribution is 5.91. The van der Waals surface area contributed by atoms with E-state index in [1.807, 2.05) is 6.08 Å². The Morgan fingerprint density at radius 2 is 1.81 bits per heavy atom. The van der Waals surface area contributed by atoms with Crippen LogP contribution in [0.5, 0.6) is 0 Å². The third kappa shape index (κ3) is 4.20. The number of nitrogens with zero attached hydrogens (tertiary/aromatic N) is 1. The summed E-state index contributed by atoms with van der Waals surface area (Å²) in [4.78, 5) is 51.1. The van der Waals surface area contributed by atoms with Crippen LogP contribution < -0.4 is 0 Å².